The molecule has 0 atom stereocenters. The van der Waals surface area contributed by atoms with Crippen molar-refractivity contribution in [2.24, 2.45) is 0 Å². The van der Waals surface area contributed by atoms with Gasteiger partial charge in [0.2, 0.25) is 0 Å². The summed E-state index contributed by atoms with van der Waals surface area (Å²) in [6.07, 6.45) is 0. The van der Waals surface area contributed by atoms with Crippen LogP contribution in [0.3, 0.4) is 0 Å². The first kappa shape index (κ1) is 16.5. The van der Waals surface area contributed by atoms with E-state index in [4.69, 9.17) is 4.74 Å². The van der Waals surface area contributed by atoms with Crippen molar-refractivity contribution in [1.29, 1.82) is 0 Å². The molecule has 0 amide bonds. The van der Waals surface area contributed by atoms with Crippen LogP contribution in [0, 0.1) is 0 Å². The molecule has 0 bridgehead atoms. The second-order valence-electron chi connectivity index (χ2n) is 5.70. The molecule has 0 saturated carbocycles. The first-order chi connectivity index (χ1) is 11.5. The largest absolute Gasteiger partial charge is 0.497 e. The number of hydrogen-bond acceptors (Lipinski definition) is 3. The summed E-state index contributed by atoms with van der Waals surface area (Å²) in [7, 11) is 1.61. The van der Waals surface area contributed by atoms with E-state index in [1.54, 1.807) is 18.9 Å². The molecular formula is C19H19NO3S. The summed E-state index contributed by atoms with van der Waals surface area (Å²) in [6.45, 7) is 4.12. The SMILES string of the molecule is COc1ccc2c(c1)c(SC(C)C)c(C(=O)O)n2-c1ccccc1. The summed E-state index contributed by atoms with van der Waals surface area (Å²) in [5, 5.41) is 11.0. The quantitative estimate of drug-likeness (QED) is 0.675. The minimum Gasteiger partial charge on any atom is -0.497 e. The molecule has 124 valence electrons. The first-order valence-electron chi connectivity index (χ1n) is 7.70. The Balaban J connectivity index is 2.41. The molecule has 1 heterocycles. The van der Waals surface area contributed by atoms with E-state index in [9.17, 15) is 9.90 Å². The van der Waals surface area contributed by atoms with Gasteiger partial charge in [0.25, 0.3) is 0 Å². The number of methoxy groups -OCH3 is 1. The van der Waals surface area contributed by atoms with E-state index in [-0.39, 0.29) is 5.25 Å². The van der Waals surface area contributed by atoms with Crippen molar-refractivity contribution in [3.8, 4) is 11.4 Å². The van der Waals surface area contributed by atoms with Crippen LogP contribution in [-0.4, -0.2) is 28.0 Å². The maximum atomic E-state index is 12.1. The molecule has 0 aliphatic carbocycles. The molecule has 0 aliphatic heterocycles. The second-order valence-corrected chi connectivity index (χ2v) is 7.29. The number of benzene rings is 2. The molecular weight excluding hydrogens is 322 g/mol. The average Bonchev–Trinajstić information content (AvgIpc) is 2.88. The Bertz CT molecular complexity index is 885. The van der Waals surface area contributed by atoms with Gasteiger partial charge in [0.05, 0.1) is 12.6 Å². The summed E-state index contributed by atoms with van der Waals surface area (Å²) >= 11 is 1.56. The van der Waals surface area contributed by atoms with E-state index in [1.165, 1.54) is 0 Å². The van der Waals surface area contributed by atoms with Crippen LogP contribution in [0.15, 0.2) is 53.4 Å². The van der Waals surface area contributed by atoms with Crippen LogP contribution in [-0.2, 0) is 0 Å². The van der Waals surface area contributed by atoms with Crippen molar-refractivity contribution in [2.75, 3.05) is 7.11 Å². The standard InChI is InChI=1S/C19H19NO3S/c1-12(2)24-18-15-11-14(23-3)9-10-16(15)20(17(18)19(21)22)13-7-5-4-6-8-13/h4-12H,1-3H3,(H,21,22). The third-order valence-corrected chi connectivity index (χ3v) is 4.82. The molecule has 0 fully saturated rings. The van der Waals surface area contributed by atoms with E-state index in [2.05, 4.69) is 13.8 Å². The second kappa shape index (κ2) is 6.61. The van der Waals surface area contributed by atoms with Crippen LogP contribution in [0.5, 0.6) is 5.75 Å². The molecule has 0 spiro atoms. The predicted molar refractivity (Wildman–Crippen MR) is 97.8 cm³/mol. The van der Waals surface area contributed by atoms with E-state index < -0.39 is 5.97 Å². The molecule has 24 heavy (non-hydrogen) atoms. The molecule has 2 aromatic carbocycles. The molecule has 0 saturated heterocycles. The zero-order valence-electron chi connectivity index (χ0n) is 13.8. The zero-order valence-corrected chi connectivity index (χ0v) is 14.6. The highest BCUT2D eigenvalue weighted by Crippen LogP contribution is 2.39. The van der Waals surface area contributed by atoms with Gasteiger partial charge in [-0.1, -0.05) is 32.0 Å². The predicted octanol–water partition coefficient (Wildman–Crippen LogP) is 4.84. The van der Waals surface area contributed by atoms with Crippen LogP contribution in [0.25, 0.3) is 16.6 Å². The van der Waals surface area contributed by atoms with Gasteiger partial charge in [0.1, 0.15) is 11.4 Å². The third kappa shape index (κ3) is 2.87. The molecule has 3 aromatic rings. The molecule has 1 aromatic heterocycles. The van der Waals surface area contributed by atoms with Crippen molar-refractivity contribution in [3.05, 3.63) is 54.2 Å². The van der Waals surface area contributed by atoms with Crippen molar-refractivity contribution < 1.29 is 14.6 Å². The number of para-hydroxylation sites is 1. The summed E-state index contributed by atoms with van der Waals surface area (Å²) in [6, 6.07) is 15.3. The highest BCUT2D eigenvalue weighted by Gasteiger charge is 2.24. The fraction of sp³-hybridized carbons (Fsp3) is 0.211. The Morgan fingerprint density at radius 3 is 2.46 bits per heavy atom. The lowest BCUT2D eigenvalue weighted by atomic mass is 10.2. The van der Waals surface area contributed by atoms with Gasteiger partial charge in [-0.3, -0.25) is 0 Å². The average molecular weight is 341 g/mol. The number of hydrogen-bond donors (Lipinski definition) is 1. The summed E-state index contributed by atoms with van der Waals surface area (Å²) in [5.74, 6) is -0.215. The van der Waals surface area contributed by atoms with Gasteiger partial charge in [-0.05, 0) is 30.3 Å². The van der Waals surface area contributed by atoms with Gasteiger partial charge in [0.15, 0.2) is 0 Å². The minimum absolute atomic E-state index is 0.268. The van der Waals surface area contributed by atoms with Crippen LogP contribution in [0.2, 0.25) is 0 Å². The van der Waals surface area contributed by atoms with E-state index in [1.807, 2.05) is 53.1 Å². The van der Waals surface area contributed by atoms with Gasteiger partial charge >= 0.3 is 5.97 Å². The lowest BCUT2D eigenvalue weighted by Gasteiger charge is -2.09. The zero-order chi connectivity index (χ0) is 17.3. The fourth-order valence-electron chi connectivity index (χ4n) is 2.76. The number of carboxylic acids is 1. The van der Waals surface area contributed by atoms with E-state index in [0.717, 1.165) is 27.2 Å². The number of ether oxygens (including phenoxy) is 1. The summed E-state index contributed by atoms with van der Waals surface area (Å²) < 4.78 is 7.14. The van der Waals surface area contributed by atoms with Crippen molar-refractivity contribution in [2.45, 2.75) is 24.0 Å². The van der Waals surface area contributed by atoms with Gasteiger partial charge < -0.3 is 14.4 Å². The number of nitrogens with zero attached hydrogens (tertiary/aromatic N) is 1. The van der Waals surface area contributed by atoms with Gasteiger partial charge in [-0.25, -0.2) is 4.79 Å². The lowest BCUT2D eigenvalue weighted by Crippen LogP contribution is -2.08. The number of carboxylic acid groups (broad SMARTS) is 1. The van der Waals surface area contributed by atoms with Crippen LogP contribution in [0.1, 0.15) is 24.3 Å². The van der Waals surface area contributed by atoms with Gasteiger partial charge in [0, 0.05) is 21.2 Å². The van der Waals surface area contributed by atoms with Crippen LogP contribution < -0.4 is 4.74 Å². The van der Waals surface area contributed by atoms with Crippen LogP contribution in [0.4, 0.5) is 0 Å². The first-order valence-corrected chi connectivity index (χ1v) is 8.58. The molecule has 5 heteroatoms. The van der Waals surface area contributed by atoms with E-state index in [0.29, 0.717) is 5.69 Å². The number of aromatic nitrogens is 1. The highest BCUT2D eigenvalue weighted by atomic mass is 32.2. The van der Waals surface area contributed by atoms with Gasteiger partial charge in [-0.2, -0.15) is 0 Å². The Hall–Kier alpha value is -2.40. The fourth-order valence-corrected chi connectivity index (χ4v) is 3.81. The van der Waals surface area contributed by atoms with Crippen LogP contribution >= 0.6 is 11.8 Å². The smallest absolute Gasteiger partial charge is 0.354 e. The van der Waals surface area contributed by atoms with E-state index >= 15 is 0 Å². The summed E-state index contributed by atoms with van der Waals surface area (Å²) in [5.41, 5.74) is 1.99. The Kier molecular flexibility index (Phi) is 4.53. The Morgan fingerprint density at radius 2 is 1.88 bits per heavy atom. The number of carbonyl (C=O) groups is 1. The maximum absolute atomic E-state index is 12.1. The molecule has 0 radical (unpaired) electrons. The lowest BCUT2D eigenvalue weighted by molar-refractivity contribution is 0.0684. The van der Waals surface area contributed by atoms with Crippen molar-refractivity contribution in [1.82, 2.24) is 4.57 Å². The minimum atomic E-state index is -0.933. The monoisotopic (exact) mass is 341 g/mol. The number of thioether (sulfide) groups is 1. The highest BCUT2D eigenvalue weighted by molar-refractivity contribution is 8.00. The van der Waals surface area contributed by atoms with Crippen molar-refractivity contribution >= 4 is 28.6 Å². The topological polar surface area (TPSA) is 51.5 Å². The maximum Gasteiger partial charge on any atom is 0.354 e. The normalized spacial score (nSPS) is 11.2. The van der Waals surface area contributed by atoms with Crippen molar-refractivity contribution in [3.63, 3.8) is 0 Å². The number of aromatic carboxylic acids is 1. The Morgan fingerprint density at radius 1 is 1.17 bits per heavy atom. The molecule has 0 unspecified atom stereocenters. The third-order valence-electron chi connectivity index (χ3n) is 3.70. The number of fused-ring (bicyclic) bond motifs is 1. The number of rotatable bonds is 5. The molecule has 3 rings (SSSR count). The Labute approximate surface area is 145 Å². The molecule has 0 aliphatic rings. The molecule has 4 nitrogen and oxygen atoms in total. The summed E-state index contributed by atoms with van der Waals surface area (Å²) in [4.78, 5) is 12.8. The van der Waals surface area contributed by atoms with Gasteiger partial charge in [-0.15, -0.1) is 11.8 Å². The molecule has 1 N–H and O–H groups in total.